The van der Waals surface area contributed by atoms with E-state index in [1.807, 2.05) is 78.9 Å². The van der Waals surface area contributed by atoms with E-state index in [0.29, 0.717) is 35.1 Å². The molecule has 0 heterocycles. The molecule has 452 valence electrons. The number of nitrogens with one attached hydrogen (secondary N) is 4. The van der Waals surface area contributed by atoms with Crippen molar-refractivity contribution in [1.29, 1.82) is 0 Å². The first-order valence-corrected chi connectivity index (χ1v) is 28.7. The van der Waals surface area contributed by atoms with Gasteiger partial charge in [0, 0.05) is 37.8 Å². The van der Waals surface area contributed by atoms with Gasteiger partial charge in [-0.3, -0.25) is 34.3 Å². The van der Waals surface area contributed by atoms with E-state index in [9.17, 15) is 43.5 Å². The Labute approximate surface area is 501 Å². The Morgan fingerprint density at radius 2 is 0.953 bits per heavy atom. The number of carbonyl (C=O) groups excluding carboxylic acids is 8. The molecule has 5 amide bonds. The molecule has 19 heteroatoms. The van der Waals surface area contributed by atoms with Gasteiger partial charge in [-0.25, -0.2) is 14.4 Å². The number of primary amides is 1. The Kier molecular flexibility index (Phi) is 27.0. The molecule has 0 saturated carbocycles. The summed E-state index contributed by atoms with van der Waals surface area (Å²) in [5, 5.41) is 21.4. The molecule has 4 atom stereocenters. The highest BCUT2D eigenvalue weighted by Gasteiger charge is 2.33. The number of nitrogens with zero attached hydrogens (tertiary/aromatic N) is 1. The van der Waals surface area contributed by atoms with Crippen LogP contribution in [0.4, 0.5) is 14.4 Å². The van der Waals surface area contributed by atoms with Crippen LogP contribution in [0.5, 0.6) is 5.75 Å². The highest BCUT2D eigenvalue weighted by atomic mass is 16.6. The topological polar surface area (TPSA) is 280 Å². The average Bonchev–Trinajstić information content (AvgIpc) is 3.63. The van der Waals surface area contributed by atoms with E-state index in [-0.39, 0.29) is 89.6 Å². The number of phenols is 1. The van der Waals surface area contributed by atoms with Crippen LogP contribution in [0.2, 0.25) is 0 Å². The van der Waals surface area contributed by atoms with Gasteiger partial charge in [0.25, 0.3) is 0 Å². The summed E-state index contributed by atoms with van der Waals surface area (Å²) >= 11 is 0. The summed E-state index contributed by atoms with van der Waals surface area (Å²) in [5.41, 5.74) is 11.6. The molecule has 0 bridgehead atoms. The van der Waals surface area contributed by atoms with Gasteiger partial charge in [0.2, 0.25) is 11.8 Å². The maximum atomic E-state index is 15.0. The molecule has 7 N–H and O–H groups in total. The molecular formula is C67H76N6O13. The number of rotatable bonds is 33. The van der Waals surface area contributed by atoms with E-state index in [1.54, 1.807) is 86.6 Å². The first kappa shape index (κ1) is 65.5. The molecule has 6 aromatic rings. The van der Waals surface area contributed by atoms with Crippen molar-refractivity contribution in [1.82, 2.24) is 21.3 Å². The van der Waals surface area contributed by atoms with Crippen LogP contribution in [0.3, 0.4) is 0 Å². The first-order valence-electron chi connectivity index (χ1n) is 28.7. The molecule has 6 rings (SSSR count). The summed E-state index contributed by atoms with van der Waals surface area (Å²) in [6.07, 6.45) is -2.65. The predicted octanol–water partition coefficient (Wildman–Crippen LogP) is 9.55. The van der Waals surface area contributed by atoms with Gasteiger partial charge in [0.15, 0.2) is 11.6 Å². The van der Waals surface area contributed by atoms with Crippen molar-refractivity contribution in [2.24, 2.45) is 22.6 Å². The van der Waals surface area contributed by atoms with Gasteiger partial charge in [-0.1, -0.05) is 152 Å². The zero-order chi connectivity index (χ0) is 61.5. The molecule has 0 spiro atoms. The Hall–Kier alpha value is -9.65. The lowest BCUT2D eigenvalue weighted by atomic mass is 9.86. The quantitative estimate of drug-likeness (QED) is 0.00737. The summed E-state index contributed by atoms with van der Waals surface area (Å²) in [7, 11) is 0. The van der Waals surface area contributed by atoms with Crippen LogP contribution in [0.15, 0.2) is 169 Å². The molecule has 2 unspecified atom stereocenters. The summed E-state index contributed by atoms with van der Waals surface area (Å²) in [4.78, 5) is 114. The van der Waals surface area contributed by atoms with Crippen molar-refractivity contribution >= 4 is 53.5 Å². The van der Waals surface area contributed by atoms with Crippen molar-refractivity contribution in [3.05, 3.63) is 208 Å². The number of hydrogen-bond donors (Lipinski definition) is 6. The summed E-state index contributed by atoms with van der Waals surface area (Å²) in [6, 6.07) is 45.8. The van der Waals surface area contributed by atoms with E-state index in [2.05, 4.69) is 26.3 Å². The molecule has 86 heavy (non-hydrogen) atoms. The van der Waals surface area contributed by atoms with Gasteiger partial charge in [-0.15, -0.1) is 0 Å². The molecule has 0 aliphatic rings. The molecule has 19 nitrogen and oxygen atoms in total. The third-order valence-corrected chi connectivity index (χ3v) is 14.1. The molecule has 0 radical (unpaired) electrons. The average molecular weight is 1170 g/mol. The van der Waals surface area contributed by atoms with E-state index in [0.717, 1.165) is 22.3 Å². The Morgan fingerprint density at radius 1 is 0.512 bits per heavy atom. The fraction of sp³-hybridized carbons (Fsp3) is 0.328. The number of amidine groups is 1. The number of aryl methyl sites for hydroxylation is 2. The van der Waals surface area contributed by atoms with Crippen molar-refractivity contribution in [3.8, 4) is 5.75 Å². The van der Waals surface area contributed by atoms with Gasteiger partial charge >= 0.3 is 24.2 Å². The monoisotopic (exact) mass is 1170 g/mol. The fourth-order valence-electron chi connectivity index (χ4n) is 9.45. The second kappa shape index (κ2) is 35.5. The van der Waals surface area contributed by atoms with Crippen molar-refractivity contribution in [3.63, 3.8) is 0 Å². The third kappa shape index (κ3) is 23.9. The summed E-state index contributed by atoms with van der Waals surface area (Å²) < 4.78 is 21.8. The predicted molar refractivity (Wildman–Crippen MR) is 323 cm³/mol. The third-order valence-electron chi connectivity index (χ3n) is 14.1. The number of ether oxygens (including phenoxy) is 4. The van der Waals surface area contributed by atoms with Crippen LogP contribution < -0.4 is 27.0 Å². The Balaban J connectivity index is 1.22. The number of hydrogen-bond acceptors (Lipinski definition) is 14. The van der Waals surface area contributed by atoms with E-state index < -0.39 is 84.4 Å². The number of amides is 5. The molecule has 0 saturated heterocycles. The first-order chi connectivity index (χ1) is 41.6. The second-order valence-electron chi connectivity index (χ2n) is 20.9. The van der Waals surface area contributed by atoms with Gasteiger partial charge in [0.1, 0.15) is 44.4 Å². The van der Waals surface area contributed by atoms with Crippen molar-refractivity contribution in [2.75, 3.05) is 13.1 Å². The largest absolute Gasteiger partial charge is 0.508 e. The highest BCUT2D eigenvalue weighted by Crippen LogP contribution is 2.26. The Morgan fingerprint density at radius 3 is 1.47 bits per heavy atom. The standard InChI is InChI=1S/C67H76N6O13/c1-46-35-55(74)36-47(2)56(46)38-54(64(79)71-57(59(75)39-53(63(68)78)37-48-21-8-3-9-22-48)31-18-19-33-70-65(80)84-43-50-25-12-5-13-26-50)40-60(76)58(72-66(81)85-44-51-27-14-6-15-28-51)32-20-34-69-61(41-62(77)83-42-49-23-10-4-11-24-49)73-67(82)86-45-52-29-16-7-17-30-52/h3-17,21-30,35-36,53-54,57-58,74H,18-20,31-34,37-45H2,1-2H3,(H2,68,78)(H,70,80)(H,71,79)(H,72,81)(H,69,73,82)/t53-,54?,57+,58?/m1/s1. The van der Waals surface area contributed by atoms with E-state index in [4.69, 9.17) is 24.7 Å². The SMILES string of the molecule is Cc1cc(O)cc(C)c1CC(CC(=O)C(CCCN=C(CC(=O)OCc1ccccc1)NC(=O)OCc1ccccc1)NC(=O)OCc1ccccc1)C(=O)N[C@@H](CCCCNC(=O)OCc1ccccc1)C(=O)C[C@@H](Cc1ccccc1)C(N)=O. The highest BCUT2D eigenvalue weighted by molar-refractivity contribution is 6.04. The van der Waals surface area contributed by atoms with Gasteiger partial charge < -0.3 is 45.7 Å². The summed E-state index contributed by atoms with van der Waals surface area (Å²) in [6.45, 7) is 3.50. The van der Waals surface area contributed by atoms with Gasteiger partial charge in [-0.2, -0.15) is 0 Å². The normalized spacial score (nSPS) is 12.5. The molecule has 0 fully saturated rings. The Bertz CT molecular complexity index is 3100. The number of unbranched alkanes of at least 4 members (excludes halogenated alkanes) is 1. The second-order valence-corrected chi connectivity index (χ2v) is 20.9. The van der Waals surface area contributed by atoms with Crippen LogP contribution in [-0.4, -0.2) is 83.7 Å². The van der Waals surface area contributed by atoms with Crippen LogP contribution in [0, 0.1) is 25.7 Å². The number of nitrogens with two attached hydrogens (primary N) is 1. The number of alkyl carbamates (subject to hydrolysis) is 3. The molecule has 0 aliphatic heterocycles. The summed E-state index contributed by atoms with van der Waals surface area (Å²) in [5.74, 6) is -5.26. The number of phenolic OH excluding ortho intramolecular Hbond substituents is 1. The maximum Gasteiger partial charge on any atom is 0.412 e. The van der Waals surface area contributed by atoms with E-state index >= 15 is 0 Å². The van der Waals surface area contributed by atoms with Gasteiger partial charge in [-0.05, 0) is 115 Å². The van der Waals surface area contributed by atoms with Crippen LogP contribution >= 0.6 is 0 Å². The van der Waals surface area contributed by atoms with Crippen LogP contribution in [0.1, 0.15) is 95.9 Å². The minimum Gasteiger partial charge on any atom is -0.508 e. The molecule has 0 aromatic heterocycles. The number of carbonyl (C=O) groups is 8. The zero-order valence-electron chi connectivity index (χ0n) is 48.6. The van der Waals surface area contributed by atoms with Crippen molar-refractivity contribution < 1.29 is 62.4 Å². The lowest BCUT2D eigenvalue weighted by molar-refractivity contribution is -0.143. The number of Topliss-reactive ketones (excluding diaryl/α,β-unsaturated/α-hetero) is 2. The zero-order valence-corrected chi connectivity index (χ0v) is 48.6. The molecule has 0 aliphatic carbocycles. The number of aliphatic imine (C=N–C) groups is 1. The van der Waals surface area contributed by atoms with Crippen LogP contribution in [0.25, 0.3) is 0 Å². The minimum atomic E-state index is -1.27. The van der Waals surface area contributed by atoms with Gasteiger partial charge in [0.05, 0.1) is 12.1 Å². The van der Waals surface area contributed by atoms with Crippen molar-refractivity contribution in [2.45, 2.75) is 117 Å². The smallest absolute Gasteiger partial charge is 0.412 e. The van der Waals surface area contributed by atoms with Crippen LogP contribution in [-0.2, 0) is 82.2 Å². The van der Waals surface area contributed by atoms with E-state index in [1.165, 1.54) is 12.1 Å². The maximum absolute atomic E-state index is 15.0. The fourth-order valence-corrected chi connectivity index (χ4v) is 9.45. The lowest BCUT2D eigenvalue weighted by Gasteiger charge is -2.26. The number of ketones is 2. The minimum absolute atomic E-state index is 0.00242. The molecule has 6 aromatic carbocycles. The number of esters is 1. The number of aromatic hydroxyl groups is 1. The molecular weight excluding hydrogens is 1100 g/mol. The lowest BCUT2D eigenvalue weighted by Crippen LogP contribution is -2.47. The number of benzene rings is 6.